The first-order valence-electron chi connectivity index (χ1n) is 5.97. The number of primary amides is 1. The Morgan fingerprint density at radius 2 is 1.94 bits per heavy atom. The zero-order valence-corrected chi connectivity index (χ0v) is 9.82. The maximum atomic E-state index is 10.6. The van der Waals surface area contributed by atoms with Crippen LogP contribution in [0.3, 0.4) is 0 Å². The summed E-state index contributed by atoms with van der Waals surface area (Å²) in [5, 5.41) is 3.35. The van der Waals surface area contributed by atoms with Crippen molar-refractivity contribution < 1.29 is 9.53 Å². The van der Waals surface area contributed by atoms with Gasteiger partial charge < -0.3 is 15.8 Å². The van der Waals surface area contributed by atoms with E-state index >= 15 is 0 Å². The molecule has 0 spiro atoms. The van der Waals surface area contributed by atoms with E-state index < -0.39 is 5.91 Å². The van der Waals surface area contributed by atoms with Gasteiger partial charge in [0.1, 0.15) is 5.75 Å². The van der Waals surface area contributed by atoms with Crippen LogP contribution in [0.2, 0.25) is 0 Å². The molecule has 1 fully saturated rings. The summed E-state index contributed by atoms with van der Waals surface area (Å²) in [6.45, 7) is 2.11. The van der Waals surface area contributed by atoms with Crippen molar-refractivity contribution in [3.05, 3.63) is 29.8 Å². The molecule has 1 aromatic rings. The molecule has 4 heteroatoms. The first-order valence-corrected chi connectivity index (χ1v) is 5.97. The highest BCUT2D eigenvalue weighted by Gasteiger charge is 2.14. The van der Waals surface area contributed by atoms with Crippen LogP contribution in [0.4, 0.5) is 0 Å². The standard InChI is InChI=1S/C13H18N2O2/c14-13(16)9-17-12-3-1-10(2-4-12)11-5-7-15-8-6-11/h1-4,11,15H,5-9H2,(H2,14,16). The van der Waals surface area contributed by atoms with Crippen molar-refractivity contribution in [3.63, 3.8) is 0 Å². The maximum absolute atomic E-state index is 10.6. The van der Waals surface area contributed by atoms with Gasteiger partial charge in [0.25, 0.3) is 5.91 Å². The SMILES string of the molecule is NC(=O)COc1ccc(C2CCNCC2)cc1. The van der Waals surface area contributed by atoms with Crippen LogP contribution in [0, 0.1) is 0 Å². The number of benzene rings is 1. The Labute approximate surface area is 101 Å². The lowest BCUT2D eigenvalue weighted by Gasteiger charge is -2.23. The Morgan fingerprint density at radius 3 is 2.53 bits per heavy atom. The number of rotatable bonds is 4. The number of hydrogen-bond donors (Lipinski definition) is 2. The van der Waals surface area contributed by atoms with Crippen molar-refractivity contribution in [1.82, 2.24) is 5.32 Å². The van der Waals surface area contributed by atoms with Gasteiger partial charge in [0.15, 0.2) is 6.61 Å². The Balaban J connectivity index is 1.94. The maximum Gasteiger partial charge on any atom is 0.255 e. The van der Waals surface area contributed by atoms with E-state index in [4.69, 9.17) is 10.5 Å². The summed E-state index contributed by atoms with van der Waals surface area (Å²) in [7, 11) is 0. The van der Waals surface area contributed by atoms with Crippen molar-refractivity contribution in [1.29, 1.82) is 0 Å². The molecule has 2 rings (SSSR count). The Hall–Kier alpha value is -1.55. The molecule has 92 valence electrons. The molecular weight excluding hydrogens is 216 g/mol. The quantitative estimate of drug-likeness (QED) is 0.817. The van der Waals surface area contributed by atoms with Crippen LogP contribution in [-0.4, -0.2) is 25.6 Å². The van der Waals surface area contributed by atoms with E-state index in [-0.39, 0.29) is 6.61 Å². The van der Waals surface area contributed by atoms with E-state index in [1.54, 1.807) is 0 Å². The molecule has 1 saturated heterocycles. The van der Waals surface area contributed by atoms with Gasteiger partial charge in [-0.15, -0.1) is 0 Å². The van der Waals surface area contributed by atoms with Gasteiger partial charge in [-0.05, 0) is 49.5 Å². The fraction of sp³-hybridized carbons (Fsp3) is 0.462. The third kappa shape index (κ3) is 3.46. The molecule has 17 heavy (non-hydrogen) atoms. The third-order valence-electron chi connectivity index (χ3n) is 3.07. The molecule has 0 saturated carbocycles. The van der Waals surface area contributed by atoms with Gasteiger partial charge in [0.2, 0.25) is 0 Å². The van der Waals surface area contributed by atoms with Gasteiger partial charge in [-0.1, -0.05) is 12.1 Å². The molecule has 0 radical (unpaired) electrons. The molecular formula is C13H18N2O2. The number of carbonyl (C=O) groups is 1. The number of piperidine rings is 1. The van der Waals surface area contributed by atoms with Gasteiger partial charge in [-0.3, -0.25) is 4.79 Å². The molecule has 0 unspecified atom stereocenters. The van der Waals surface area contributed by atoms with Gasteiger partial charge in [0, 0.05) is 0 Å². The van der Waals surface area contributed by atoms with Crippen LogP contribution in [-0.2, 0) is 4.79 Å². The van der Waals surface area contributed by atoms with Crippen molar-refractivity contribution >= 4 is 5.91 Å². The van der Waals surface area contributed by atoms with Gasteiger partial charge in [-0.2, -0.15) is 0 Å². The topological polar surface area (TPSA) is 64.4 Å². The molecule has 3 N–H and O–H groups in total. The first-order chi connectivity index (χ1) is 8.25. The normalized spacial score (nSPS) is 16.7. The lowest BCUT2D eigenvalue weighted by Crippen LogP contribution is -2.26. The van der Waals surface area contributed by atoms with Crippen molar-refractivity contribution in [2.24, 2.45) is 5.73 Å². The van der Waals surface area contributed by atoms with E-state index in [9.17, 15) is 4.79 Å². The molecule has 4 nitrogen and oxygen atoms in total. The van der Waals surface area contributed by atoms with Crippen molar-refractivity contribution in [2.45, 2.75) is 18.8 Å². The highest BCUT2D eigenvalue weighted by molar-refractivity contribution is 5.75. The summed E-state index contributed by atoms with van der Waals surface area (Å²) >= 11 is 0. The zero-order chi connectivity index (χ0) is 12.1. The minimum atomic E-state index is -0.451. The predicted octanol–water partition coefficient (Wildman–Crippen LogP) is 1.02. The van der Waals surface area contributed by atoms with Crippen LogP contribution < -0.4 is 15.8 Å². The second kappa shape index (κ2) is 5.68. The van der Waals surface area contributed by atoms with Gasteiger partial charge >= 0.3 is 0 Å². The summed E-state index contributed by atoms with van der Waals surface area (Å²) < 4.78 is 5.22. The summed E-state index contributed by atoms with van der Waals surface area (Å²) in [6, 6.07) is 7.96. The molecule has 0 aliphatic carbocycles. The zero-order valence-electron chi connectivity index (χ0n) is 9.82. The van der Waals surface area contributed by atoms with Crippen LogP contribution in [0.15, 0.2) is 24.3 Å². The monoisotopic (exact) mass is 234 g/mol. The largest absolute Gasteiger partial charge is 0.484 e. The summed E-state index contributed by atoms with van der Waals surface area (Å²) in [5.74, 6) is 0.885. The number of carbonyl (C=O) groups excluding carboxylic acids is 1. The molecule has 0 aromatic heterocycles. The van der Waals surface area contributed by atoms with E-state index in [0.29, 0.717) is 11.7 Å². The Morgan fingerprint density at radius 1 is 1.29 bits per heavy atom. The summed E-state index contributed by atoms with van der Waals surface area (Å²) in [5.41, 5.74) is 6.36. The second-order valence-corrected chi connectivity index (χ2v) is 4.35. The molecule has 1 heterocycles. The predicted molar refractivity (Wildman–Crippen MR) is 66.0 cm³/mol. The third-order valence-corrected chi connectivity index (χ3v) is 3.07. The molecule has 1 aliphatic heterocycles. The van der Waals surface area contributed by atoms with E-state index in [1.165, 1.54) is 18.4 Å². The minimum Gasteiger partial charge on any atom is -0.484 e. The molecule has 1 aliphatic rings. The average molecular weight is 234 g/mol. The minimum absolute atomic E-state index is 0.0628. The Kier molecular flexibility index (Phi) is 3.98. The lowest BCUT2D eigenvalue weighted by atomic mass is 9.90. The average Bonchev–Trinajstić information content (AvgIpc) is 2.38. The Bertz CT molecular complexity index is 370. The molecule has 1 amide bonds. The highest BCUT2D eigenvalue weighted by Crippen LogP contribution is 2.26. The summed E-state index contributed by atoms with van der Waals surface area (Å²) in [6.07, 6.45) is 2.36. The number of amides is 1. The number of nitrogens with two attached hydrogens (primary N) is 1. The van der Waals surface area contributed by atoms with Crippen LogP contribution in [0.25, 0.3) is 0 Å². The van der Waals surface area contributed by atoms with E-state index in [1.807, 2.05) is 12.1 Å². The highest BCUT2D eigenvalue weighted by atomic mass is 16.5. The number of hydrogen-bond acceptors (Lipinski definition) is 3. The fourth-order valence-corrected chi connectivity index (χ4v) is 2.15. The van der Waals surface area contributed by atoms with Crippen molar-refractivity contribution in [3.8, 4) is 5.75 Å². The smallest absolute Gasteiger partial charge is 0.255 e. The van der Waals surface area contributed by atoms with E-state index in [2.05, 4.69) is 17.4 Å². The van der Waals surface area contributed by atoms with Gasteiger partial charge in [0.05, 0.1) is 0 Å². The van der Waals surface area contributed by atoms with Gasteiger partial charge in [-0.25, -0.2) is 0 Å². The summed E-state index contributed by atoms with van der Waals surface area (Å²) in [4.78, 5) is 10.6. The number of nitrogens with one attached hydrogen (secondary N) is 1. The molecule has 1 aromatic carbocycles. The number of ether oxygens (including phenoxy) is 1. The second-order valence-electron chi connectivity index (χ2n) is 4.35. The molecule has 0 atom stereocenters. The van der Waals surface area contributed by atoms with E-state index in [0.717, 1.165) is 13.1 Å². The van der Waals surface area contributed by atoms with Crippen LogP contribution in [0.5, 0.6) is 5.75 Å². The lowest BCUT2D eigenvalue weighted by molar-refractivity contribution is -0.119. The van der Waals surface area contributed by atoms with Crippen LogP contribution >= 0.6 is 0 Å². The first kappa shape index (κ1) is 11.9. The van der Waals surface area contributed by atoms with Crippen LogP contribution in [0.1, 0.15) is 24.3 Å². The molecule has 0 bridgehead atoms. The fourth-order valence-electron chi connectivity index (χ4n) is 2.15. The van der Waals surface area contributed by atoms with Crippen molar-refractivity contribution in [2.75, 3.05) is 19.7 Å².